The van der Waals surface area contributed by atoms with Crippen LogP contribution in [0.4, 0.5) is 0 Å². The molecule has 1 aromatic heterocycles. The summed E-state index contributed by atoms with van der Waals surface area (Å²) in [7, 11) is 0. The minimum Gasteiger partial charge on any atom is -0.483 e. The fourth-order valence-corrected chi connectivity index (χ4v) is 3.51. The van der Waals surface area contributed by atoms with Gasteiger partial charge in [-0.25, -0.2) is 0 Å². The summed E-state index contributed by atoms with van der Waals surface area (Å²) in [6.45, 7) is 8.96. The van der Waals surface area contributed by atoms with Gasteiger partial charge < -0.3 is 20.3 Å². The number of benzene rings is 1. The van der Waals surface area contributed by atoms with E-state index in [9.17, 15) is 15.0 Å². The number of aliphatic hydroxyl groups excluding tert-OH is 2. The van der Waals surface area contributed by atoms with Crippen molar-refractivity contribution in [1.29, 1.82) is 0 Å². The highest BCUT2D eigenvalue weighted by Gasteiger charge is 2.29. The Morgan fingerprint density at radius 2 is 2.13 bits per heavy atom. The van der Waals surface area contributed by atoms with Crippen molar-refractivity contribution in [1.82, 2.24) is 10.3 Å². The van der Waals surface area contributed by atoms with E-state index in [1.807, 2.05) is 19.1 Å². The van der Waals surface area contributed by atoms with E-state index in [0.29, 0.717) is 11.3 Å². The van der Waals surface area contributed by atoms with Gasteiger partial charge in [0.15, 0.2) is 0 Å². The molecule has 0 saturated heterocycles. The first-order valence-electron chi connectivity index (χ1n) is 9.78. The summed E-state index contributed by atoms with van der Waals surface area (Å²) >= 11 is 0. The molecule has 3 atom stereocenters. The van der Waals surface area contributed by atoms with Crippen LogP contribution in [0.5, 0.6) is 5.75 Å². The van der Waals surface area contributed by atoms with Gasteiger partial charge in [0, 0.05) is 29.3 Å². The molecule has 0 bridgehead atoms. The van der Waals surface area contributed by atoms with E-state index < -0.39 is 12.2 Å². The number of hydrogen-bond donors (Lipinski definition) is 3. The van der Waals surface area contributed by atoms with Gasteiger partial charge in [-0.05, 0) is 36.3 Å². The third kappa shape index (κ3) is 4.50. The average Bonchev–Trinajstić information content (AvgIpc) is 2.76. The van der Waals surface area contributed by atoms with Crippen molar-refractivity contribution in [2.45, 2.75) is 31.6 Å². The van der Waals surface area contributed by atoms with Gasteiger partial charge in [-0.1, -0.05) is 37.5 Å². The summed E-state index contributed by atoms with van der Waals surface area (Å²) in [5, 5.41) is 22.2. The predicted molar refractivity (Wildman–Crippen MR) is 116 cm³/mol. The third-order valence-corrected chi connectivity index (χ3v) is 5.10. The van der Waals surface area contributed by atoms with E-state index in [1.165, 1.54) is 0 Å². The van der Waals surface area contributed by atoms with Crippen molar-refractivity contribution < 1.29 is 19.7 Å². The number of hydrogen-bond acceptors (Lipinski definition) is 5. The molecule has 0 fully saturated rings. The van der Waals surface area contributed by atoms with Crippen LogP contribution in [0.3, 0.4) is 0 Å². The van der Waals surface area contributed by atoms with Crippen molar-refractivity contribution in [3.05, 3.63) is 84.7 Å². The van der Waals surface area contributed by atoms with Gasteiger partial charge in [0.25, 0.3) is 5.91 Å². The maximum absolute atomic E-state index is 12.9. The Morgan fingerprint density at radius 1 is 1.33 bits per heavy atom. The number of ether oxygens (including phenoxy) is 1. The maximum Gasteiger partial charge on any atom is 0.251 e. The largest absolute Gasteiger partial charge is 0.483 e. The van der Waals surface area contributed by atoms with Crippen LogP contribution in [0.25, 0.3) is 11.1 Å². The zero-order valence-electron chi connectivity index (χ0n) is 16.9. The van der Waals surface area contributed by atoms with Crippen LogP contribution >= 0.6 is 0 Å². The summed E-state index contributed by atoms with van der Waals surface area (Å²) in [6.07, 6.45) is 7.20. The van der Waals surface area contributed by atoms with Crippen molar-refractivity contribution in [2.75, 3.05) is 6.61 Å². The molecule has 1 amide bonds. The Morgan fingerprint density at radius 3 is 2.83 bits per heavy atom. The Balaban J connectivity index is 1.94. The fraction of sp³-hybridized carbons (Fsp3) is 0.250. The van der Waals surface area contributed by atoms with Gasteiger partial charge in [0.1, 0.15) is 11.9 Å². The molecule has 3 unspecified atom stereocenters. The highest BCUT2D eigenvalue weighted by Crippen LogP contribution is 2.43. The Bertz CT molecular complexity index is 983. The van der Waals surface area contributed by atoms with E-state index >= 15 is 0 Å². The van der Waals surface area contributed by atoms with E-state index in [2.05, 4.69) is 23.5 Å². The molecule has 1 aliphatic rings. The molecule has 2 aromatic rings. The smallest absolute Gasteiger partial charge is 0.251 e. The van der Waals surface area contributed by atoms with Crippen LogP contribution in [0, 0.1) is 0 Å². The van der Waals surface area contributed by atoms with Gasteiger partial charge in [0.05, 0.1) is 24.9 Å². The first-order valence-corrected chi connectivity index (χ1v) is 9.78. The number of carbonyl (C=O) groups is 1. The number of rotatable bonds is 8. The lowest BCUT2D eigenvalue weighted by molar-refractivity contribution is 0.0488. The molecular formula is C24H26N2O4. The lowest BCUT2D eigenvalue weighted by atomic mass is 9.89. The number of aromatic nitrogens is 1. The lowest BCUT2D eigenvalue weighted by Crippen LogP contribution is -2.33. The highest BCUT2D eigenvalue weighted by atomic mass is 16.5. The van der Waals surface area contributed by atoms with E-state index in [-0.39, 0.29) is 25.0 Å². The number of carbonyl (C=O) groups excluding carboxylic acids is 1. The summed E-state index contributed by atoms with van der Waals surface area (Å²) in [5.41, 5.74) is 3.90. The molecule has 2 heterocycles. The number of pyridine rings is 1. The van der Waals surface area contributed by atoms with Crippen LogP contribution in [0.1, 0.15) is 35.4 Å². The summed E-state index contributed by atoms with van der Waals surface area (Å²) < 4.78 is 6.04. The quantitative estimate of drug-likeness (QED) is 0.585. The molecule has 0 aliphatic carbocycles. The van der Waals surface area contributed by atoms with Crippen molar-refractivity contribution in [3.63, 3.8) is 0 Å². The Labute approximate surface area is 176 Å². The van der Waals surface area contributed by atoms with Gasteiger partial charge in [0.2, 0.25) is 0 Å². The number of nitrogens with zero attached hydrogens (tertiary/aromatic N) is 1. The van der Waals surface area contributed by atoms with Crippen LogP contribution in [0.2, 0.25) is 0 Å². The molecule has 1 aliphatic heterocycles. The molecule has 3 rings (SSSR count). The number of allylic oxidation sites excluding steroid dienone is 2. The van der Waals surface area contributed by atoms with Gasteiger partial charge in [-0.3, -0.25) is 9.78 Å². The maximum atomic E-state index is 12.9. The average molecular weight is 406 g/mol. The normalized spacial score (nSPS) is 17.0. The second-order valence-electron chi connectivity index (χ2n) is 7.15. The first kappa shape index (κ1) is 21.5. The fourth-order valence-electron chi connectivity index (χ4n) is 3.51. The Kier molecular flexibility index (Phi) is 6.82. The van der Waals surface area contributed by atoms with Gasteiger partial charge in [-0.15, -0.1) is 0 Å². The molecule has 0 radical (unpaired) electrons. The molecule has 1 aromatic carbocycles. The monoisotopic (exact) mass is 406 g/mol. The molecule has 0 saturated carbocycles. The second-order valence-corrected chi connectivity index (χ2v) is 7.15. The molecule has 6 nitrogen and oxygen atoms in total. The van der Waals surface area contributed by atoms with E-state index in [1.54, 1.807) is 42.8 Å². The van der Waals surface area contributed by atoms with Crippen LogP contribution < -0.4 is 10.1 Å². The van der Waals surface area contributed by atoms with Crippen molar-refractivity contribution in [3.8, 4) is 16.9 Å². The lowest BCUT2D eigenvalue weighted by Gasteiger charge is -2.30. The number of aliphatic hydroxyl groups is 2. The van der Waals surface area contributed by atoms with E-state index in [4.69, 9.17) is 4.74 Å². The predicted octanol–water partition coefficient (Wildman–Crippen LogP) is 3.34. The molecule has 156 valence electrons. The molecular weight excluding hydrogens is 380 g/mol. The van der Waals surface area contributed by atoms with Crippen LogP contribution in [-0.4, -0.2) is 39.9 Å². The molecule has 6 heteroatoms. The highest BCUT2D eigenvalue weighted by molar-refractivity contribution is 5.96. The van der Waals surface area contributed by atoms with Gasteiger partial charge >= 0.3 is 0 Å². The van der Waals surface area contributed by atoms with Crippen LogP contribution in [0.15, 0.2) is 73.6 Å². The SMILES string of the molecule is C=C/C=C(\C=C)C(C)NC(=O)c1ccc2c(c1)C(CC(O)CO)Oc1cnccc1-2. The summed E-state index contributed by atoms with van der Waals surface area (Å²) in [6, 6.07) is 7.04. The zero-order valence-corrected chi connectivity index (χ0v) is 16.9. The third-order valence-electron chi connectivity index (χ3n) is 5.10. The number of fused-ring (bicyclic) bond motifs is 3. The topological polar surface area (TPSA) is 91.7 Å². The second kappa shape index (κ2) is 9.52. The van der Waals surface area contributed by atoms with Crippen molar-refractivity contribution >= 4 is 5.91 Å². The minimum atomic E-state index is -0.933. The number of nitrogens with one attached hydrogen (secondary N) is 1. The molecule has 3 N–H and O–H groups in total. The van der Waals surface area contributed by atoms with E-state index in [0.717, 1.165) is 22.3 Å². The number of amides is 1. The van der Waals surface area contributed by atoms with Gasteiger partial charge in [-0.2, -0.15) is 0 Å². The summed E-state index contributed by atoms with van der Waals surface area (Å²) in [4.78, 5) is 17.0. The first-order chi connectivity index (χ1) is 14.5. The standard InChI is InChI=1S/C24H26N2O4/c1-4-6-16(5-2)15(3)26-24(29)17-7-8-19-20-9-10-25-13-23(20)30-22(21(19)11-17)12-18(28)14-27/h4-11,13,15,18,22,27-28H,1-2,12,14H2,3H3,(H,26,29)/b16-6+. The summed E-state index contributed by atoms with van der Waals surface area (Å²) in [5.74, 6) is 0.375. The Hall–Kier alpha value is -3.22. The zero-order chi connectivity index (χ0) is 21.7. The minimum absolute atomic E-state index is 0.196. The van der Waals surface area contributed by atoms with Crippen molar-refractivity contribution in [2.24, 2.45) is 0 Å². The molecule has 0 spiro atoms. The molecule has 30 heavy (non-hydrogen) atoms. The van der Waals surface area contributed by atoms with Crippen LogP contribution in [-0.2, 0) is 0 Å².